The van der Waals surface area contributed by atoms with E-state index in [0.717, 1.165) is 25.6 Å². The van der Waals surface area contributed by atoms with Crippen molar-refractivity contribution in [1.29, 1.82) is 0 Å². The van der Waals surface area contributed by atoms with Gasteiger partial charge in [-0.25, -0.2) is 0 Å². The van der Waals surface area contributed by atoms with Crippen molar-refractivity contribution >= 4 is 0 Å². The molecule has 0 saturated heterocycles. The van der Waals surface area contributed by atoms with Crippen LogP contribution in [0, 0.1) is 5.92 Å². The van der Waals surface area contributed by atoms with Gasteiger partial charge in [0.15, 0.2) is 0 Å². The van der Waals surface area contributed by atoms with Crippen molar-refractivity contribution in [3.05, 3.63) is 0 Å². The summed E-state index contributed by atoms with van der Waals surface area (Å²) in [6.45, 7) is 9.38. The second-order valence-corrected chi connectivity index (χ2v) is 5.24. The largest absolute Gasteiger partial charge is 0.314 e. The summed E-state index contributed by atoms with van der Waals surface area (Å²) in [7, 11) is 4.24. The zero-order chi connectivity index (χ0) is 11.8. The molecule has 1 N–H and O–H groups in total. The van der Waals surface area contributed by atoms with Gasteiger partial charge in [0, 0.05) is 32.7 Å². The number of nitrogens with one attached hydrogen (secondary N) is 1. The third-order valence-corrected chi connectivity index (χ3v) is 3.53. The van der Waals surface area contributed by atoms with E-state index in [4.69, 9.17) is 0 Å². The molecule has 0 bridgehead atoms. The van der Waals surface area contributed by atoms with E-state index in [9.17, 15) is 0 Å². The van der Waals surface area contributed by atoms with Gasteiger partial charge in [-0.05, 0) is 39.4 Å². The molecule has 1 aliphatic rings. The molecule has 0 aliphatic heterocycles. The Morgan fingerprint density at radius 1 is 1.12 bits per heavy atom. The van der Waals surface area contributed by atoms with Crippen LogP contribution in [0.15, 0.2) is 0 Å². The maximum absolute atomic E-state index is 3.51. The van der Waals surface area contributed by atoms with Crippen molar-refractivity contribution < 1.29 is 0 Å². The molecule has 1 aliphatic carbocycles. The first-order valence-corrected chi connectivity index (χ1v) is 6.80. The van der Waals surface area contributed by atoms with Crippen LogP contribution in [0.25, 0.3) is 0 Å². The Morgan fingerprint density at radius 3 is 2.31 bits per heavy atom. The molecule has 1 rings (SSSR count). The molecule has 0 aromatic heterocycles. The summed E-state index contributed by atoms with van der Waals surface area (Å²) in [5.41, 5.74) is 0. The molecule has 0 spiro atoms. The average Bonchev–Trinajstić information content (AvgIpc) is 2.19. The standard InChI is InChI=1S/C13H29N3/c1-4-16(12-13-6-5-7-13)11-9-14-8-10-15(2)3/h13-14H,4-12H2,1-3H3. The number of hydrogen-bond acceptors (Lipinski definition) is 3. The van der Waals surface area contributed by atoms with Gasteiger partial charge < -0.3 is 15.1 Å². The Kier molecular flexibility index (Phi) is 7.01. The fourth-order valence-corrected chi connectivity index (χ4v) is 2.08. The van der Waals surface area contributed by atoms with Crippen molar-refractivity contribution in [3.8, 4) is 0 Å². The molecule has 0 heterocycles. The van der Waals surface area contributed by atoms with Crippen molar-refractivity contribution in [2.75, 3.05) is 53.4 Å². The summed E-state index contributed by atoms with van der Waals surface area (Å²) in [6, 6.07) is 0. The zero-order valence-corrected chi connectivity index (χ0v) is 11.3. The highest BCUT2D eigenvalue weighted by atomic mass is 15.1. The quantitative estimate of drug-likeness (QED) is 0.598. The van der Waals surface area contributed by atoms with Gasteiger partial charge in [0.2, 0.25) is 0 Å². The minimum atomic E-state index is 1.00. The Bertz CT molecular complexity index is 167. The number of hydrogen-bond donors (Lipinski definition) is 1. The maximum Gasteiger partial charge on any atom is 0.0107 e. The van der Waals surface area contributed by atoms with Gasteiger partial charge in [-0.1, -0.05) is 13.3 Å². The van der Waals surface area contributed by atoms with E-state index in [-0.39, 0.29) is 0 Å². The highest BCUT2D eigenvalue weighted by Gasteiger charge is 2.19. The first-order valence-electron chi connectivity index (χ1n) is 6.80. The molecule has 0 amide bonds. The van der Waals surface area contributed by atoms with Crippen LogP contribution in [-0.4, -0.2) is 63.2 Å². The van der Waals surface area contributed by atoms with Gasteiger partial charge in [-0.15, -0.1) is 0 Å². The van der Waals surface area contributed by atoms with Crippen LogP contribution in [0.3, 0.4) is 0 Å². The van der Waals surface area contributed by atoms with Crippen LogP contribution < -0.4 is 5.32 Å². The molecule has 3 nitrogen and oxygen atoms in total. The molecule has 0 unspecified atom stereocenters. The van der Waals surface area contributed by atoms with Crippen LogP contribution in [0.5, 0.6) is 0 Å². The van der Waals surface area contributed by atoms with E-state index < -0.39 is 0 Å². The molecule has 3 heteroatoms. The molecular formula is C13H29N3. The van der Waals surface area contributed by atoms with Crippen LogP contribution in [-0.2, 0) is 0 Å². The van der Waals surface area contributed by atoms with Gasteiger partial charge in [-0.3, -0.25) is 0 Å². The predicted molar refractivity (Wildman–Crippen MR) is 70.9 cm³/mol. The normalized spacial score (nSPS) is 17.1. The lowest BCUT2D eigenvalue weighted by Gasteiger charge is -2.31. The van der Waals surface area contributed by atoms with Gasteiger partial charge in [0.1, 0.15) is 0 Å². The fourth-order valence-electron chi connectivity index (χ4n) is 2.08. The van der Waals surface area contributed by atoms with E-state index in [0.29, 0.717) is 0 Å². The van der Waals surface area contributed by atoms with Crippen molar-refractivity contribution in [3.63, 3.8) is 0 Å². The second-order valence-electron chi connectivity index (χ2n) is 5.24. The predicted octanol–water partition coefficient (Wildman–Crippen LogP) is 1.26. The van der Waals surface area contributed by atoms with E-state index in [1.807, 2.05) is 0 Å². The molecule has 16 heavy (non-hydrogen) atoms. The van der Waals surface area contributed by atoms with Crippen molar-refractivity contribution in [1.82, 2.24) is 15.1 Å². The van der Waals surface area contributed by atoms with Crippen LogP contribution in [0.1, 0.15) is 26.2 Å². The highest BCUT2D eigenvalue weighted by molar-refractivity contribution is 4.73. The lowest BCUT2D eigenvalue weighted by molar-refractivity contribution is 0.184. The Morgan fingerprint density at radius 2 is 1.81 bits per heavy atom. The Labute approximate surface area is 101 Å². The average molecular weight is 227 g/mol. The van der Waals surface area contributed by atoms with Gasteiger partial charge in [-0.2, -0.15) is 0 Å². The topological polar surface area (TPSA) is 18.5 Å². The number of likely N-dealkylation sites (N-methyl/N-ethyl adjacent to an activating group) is 2. The maximum atomic E-state index is 3.51. The van der Waals surface area contributed by atoms with Crippen LogP contribution in [0.2, 0.25) is 0 Å². The molecule has 0 radical (unpaired) electrons. The van der Waals surface area contributed by atoms with E-state index >= 15 is 0 Å². The smallest absolute Gasteiger partial charge is 0.0107 e. The first kappa shape index (κ1) is 13.9. The van der Waals surface area contributed by atoms with Crippen molar-refractivity contribution in [2.24, 2.45) is 5.92 Å². The number of nitrogens with zero attached hydrogens (tertiary/aromatic N) is 2. The van der Waals surface area contributed by atoms with Gasteiger partial charge in [0.25, 0.3) is 0 Å². The summed E-state index contributed by atoms with van der Waals surface area (Å²) >= 11 is 0. The SMILES string of the molecule is CCN(CCNCCN(C)C)CC1CCC1. The minimum absolute atomic E-state index is 1.00. The first-order chi connectivity index (χ1) is 7.72. The lowest BCUT2D eigenvalue weighted by atomic mass is 9.85. The molecule has 0 atom stereocenters. The Hall–Kier alpha value is -0.120. The second kappa shape index (κ2) is 8.04. The summed E-state index contributed by atoms with van der Waals surface area (Å²) < 4.78 is 0. The summed E-state index contributed by atoms with van der Waals surface area (Å²) in [4.78, 5) is 4.81. The highest BCUT2D eigenvalue weighted by Crippen LogP contribution is 2.26. The zero-order valence-electron chi connectivity index (χ0n) is 11.3. The number of rotatable bonds is 9. The van der Waals surface area contributed by atoms with E-state index in [1.54, 1.807) is 0 Å². The van der Waals surface area contributed by atoms with Crippen LogP contribution >= 0.6 is 0 Å². The van der Waals surface area contributed by atoms with Crippen LogP contribution in [0.4, 0.5) is 0 Å². The Balaban J connectivity index is 1.95. The summed E-state index contributed by atoms with van der Waals surface area (Å²) in [5, 5.41) is 3.51. The summed E-state index contributed by atoms with van der Waals surface area (Å²) in [5.74, 6) is 1.00. The van der Waals surface area contributed by atoms with Crippen molar-refractivity contribution in [2.45, 2.75) is 26.2 Å². The third-order valence-electron chi connectivity index (χ3n) is 3.53. The molecular weight excluding hydrogens is 198 g/mol. The molecule has 1 saturated carbocycles. The van der Waals surface area contributed by atoms with Gasteiger partial charge in [0.05, 0.1) is 0 Å². The lowest BCUT2D eigenvalue weighted by Crippen LogP contribution is -2.38. The third kappa shape index (κ3) is 5.83. The minimum Gasteiger partial charge on any atom is -0.314 e. The summed E-state index contributed by atoms with van der Waals surface area (Å²) in [6.07, 6.45) is 4.39. The monoisotopic (exact) mass is 227 g/mol. The molecule has 0 aromatic rings. The molecule has 0 aromatic carbocycles. The van der Waals surface area contributed by atoms with E-state index in [1.165, 1.54) is 38.9 Å². The molecule has 96 valence electrons. The van der Waals surface area contributed by atoms with Gasteiger partial charge >= 0.3 is 0 Å². The fraction of sp³-hybridized carbons (Fsp3) is 1.00. The van der Waals surface area contributed by atoms with E-state index in [2.05, 4.69) is 36.1 Å². The molecule has 1 fully saturated rings.